The Labute approximate surface area is 186 Å². The lowest BCUT2D eigenvalue weighted by Crippen LogP contribution is -2.62. The summed E-state index contributed by atoms with van der Waals surface area (Å²) < 4.78 is 22.6. The van der Waals surface area contributed by atoms with Crippen molar-refractivity contribution < 1.29 is 18.6 Å². The summed E-state index contributed by atoms with van der Waals surface area (Å²) in [5, 5.41) is 3.79. The molecule has 0 unspecified atom stereocenters. The van der Waals surface area contributed by atoms with Crippen LogP contribution in [0.15, 0.2) is 28.7 Å². The number of nitrogens with zero attached hydrogens (tertiary/aromatic N) is 1. The fraction of sp³-hybridized carbons (Fsp3) is 0.600. The van der Waals surface area contributed by atoms with Crippen LogP contribution in [-0.4, -0.2) is 43.3 Å². The van der Waals surface area contributed by atoms with E-state index in [1.54, 1.807) is 21.3 Å². The Balaban J connectivity index is 1.95. The van der Waals surface area contributed by atoms with Crippen molar-refractivity contribution in [1.29, 1.82) is 0 Å². The van der Waals surface area contributed by atoms with Gasteiger partial charge in [-0.15, -0.1) is 0 Å². The van der Waals surface area contributed by atoms with Crippen molar-refractivity contribution in [2.75, 3.05) is 21.3 Å². The SMILES string of the molecule is COc1cc(CN(Cc2ccc(C)o2)C2CC(C)(C)NC(C)(C)C2)cc(OC)c1OC. The summed E-state index contributed by atoms with van der Waals surface area (Å²) in [5.74, 6) is 3.90. The third-order valence-electron chi connectivity index (χ3n) is 5.95. The van der Waals surface area contributed by atoms with E-state index in [-0.39, 0.29) is 11.1 Å². The molecule has 0 radical (unpaired) electrons. The maximum atomic E-state index is 5.95. The van der Waals surface area contributed by atoms with Gasteiger partial charge in [-0.1, -0.05) is 0 Å². The topological polar surface area (TPSA) is 56.1 Å². The van der Waals surface area contributed by atoms with Gasteiger partial charge in [-0.05, 0) is 77.3 Å². The predicted octanol–water partition coefficient (Wildman–Crippen LogP) is 4.93. The van der Waals surface area contributed by atoms with Gasteiger partial charge in [0, 0.05) is 23.7 Å². The molecule has 1 aliphatic rings. The molecule has 1 N–H and O–H groups in total. The maximum absolute atomic E-state index is 5.95. The minimum atomic E-state index is 0.0546. The maximum Gasteiger partial charge on any atom is 0.203 e. The number of rotatable bonds is 8. The Morgan fingerprint density at radius 2 is 1.52 bits per heavy atom. The summed E-state index contributed by atoms with van der Waals surface area (Å²) in [5.41, 5.74) is 1.23. The average molecular weight is 431 g/mol. The smallest absolute Gasteiger partial charge is 0.203 e. The number of nitrogens with one attached hydrogen (secondary N) is 1. The molecule has 1 saturated heterocycles. The van der Waals surface area contributed by atoms with Gasteiger partial charge in [-0.3, -0.25) is 4.90 Å². The second-order valence-electron chi connectivity index (χ2n) is 9.91. The van der Waals surface area contributed by atoms with Gasteiger partial charge in [0.05, 0.1) is 27.9 Å². The molecule has 6 heteroatoms. The predicted molar refractivity (Wildman–Crippen MR) is 123 cm³/mol. The van der Waals surface area contributed by atoms with Crippen LogP contribution in [0.1, 0.15) is 57.6 Å². The van der Waals surface area contributed by atoms with Crippen LogP contribution in [0.2, 0.25) is 0 Å². The van der Waals surface area contributed by atoms with Crippen LogP contribution in [0.3, 0.4) is 0 Å². The Morgan fingerprint density at radius 3 is 1.97 bits per heavy atom. The quantitative estimate of drug-likeness (QED) is 0.641. The number of aryl methyl sites for hydroxylation is 1. The number of piperidine rings is 1. The largest absolute Gasteiger partial charge is 0.493 e. The molecule has 0 bridgehead atoms. The average Bonchev–Trinajstić information content (AvgIpc) is 3.08. The number of benzene rings is 1. The van der Waals surface area contributed by atoms with E-state index < -0.39 is 0 Å². The van der Waals surface area contributed by atoms with Gasteiger partial charge < -0.3 is 23.9 Å². The van der Waals surface area contributed by atoms with Gasteiger partial charge in [0.2, 0.25) is 5.75 Å². The molecule has 2 heterocycles. The monoisotopic (exact) mass is 430 g/mol. The van der Waals surface area contributed by atoms with E-state index in [9.17, 15) is 0 Å². The molecule has 3 rings (SSSR count). The Bertz CT molecular complexity index is 846. The minimum absolute atomic E-state index is 0.0546. The lowest BCUT2D eigenvalue weighted by atomic mass is 9.79. The van der Waals surface area contributed by atoms with E-state index in [1.807, 2.05) is 25.1 Å². The van der Waals surface area contributed by atoms with Crippen molar-refractivity contribution in [1.82, 2.24) is 10.2 Å². The van der Waals surface area contributed by atoms with Crippen LogP contribution in [0.25, 0.3) is 0 Å². The number of methoxy groups -OCH3 is 3. The van der Waals surface area contributed by atoms with Crippen molar-refractivity contribution in [3.63, 3.8) is 0 Å². The lowest BCUT2D eigenvalue weighted by Gasteiger charge is -2.49. The highest BCUT2D eigenvalue weighted by Gasteiger charge is 2.40. The molecule has 1 aromatic heterocycles. The van der Waals surface area contributed by atoms with Gasteiger partial charge in [-0.2, -0.15) is 0 Å². The van der Waals surface area contributed by atoms with E-state index in [0.29, 0.717) is 23.3 Å². The van der Waals surface area contributed by atoms with E-state index in [4.69, 9.17) is 18.6 Å². The molecule has 0 saturated carbocycles. The summed E-state index contributed by atoms with van der Waals surface area (Å²) in [6.07, 6.45) is 2.11. The first-order chi connectivity index (χ1) is 14.6. The standard InChI is InChI=1S/C25H38N2O4/c1-17-9-10-20(31-17)16-27(19-13-24(2,3)26-25(4,5)14-19)15-18-11-21(28-6)23(30-8)22(12-18)29-7/h9-12,19,26H,13-16H2,1-8H3. The van der Waals surface area contributed by atoms with E-state index in [1.165, 1.54) is 0 Å². The van der Waals surface area contributed by atoms with Crippen molar-refractivity contribution in [2.24, 2.45) is 0 Å². The van der Waals surface area contributed by atoms with Crippen molar-refractivity contribution in [3.05, 3.63) is 41.3 Å². The summed E-state index contributed by atoms with van der Waals surface area (Å²) in [6, 6.07) is 8.59. The Kier molecular flexibility index (Phi) is 6.92. The Morgan fingerprint density at radius 1 is 0.935 bits per heavy atom. The first kappa shape index (κ1) is 23.5. The summed E-state index contributed by atoms with van der Waals surface area (Å²) in [6.45, 7) is 12.6. The zero-order valence-electron chi connectivity index (χ0n) is 20.3. The molecule has 1 fully saturated rings. The van der Waals surface area contributed by atoms with Crippen molar-refractivity contribution in [3.8, 4) is 17.2 Å². The minimum Gasteiger partial charge on any atom is -0.493 e. The summed E-state index contributed by atoms with van der Waals surface area (Å²) in [4.78, 5) is 2.52. The molecule has 0 atom stereocenters. The van der Waals surface area contributed by atoms with Crippen LogP contribution >= 0.6 is 0 Å². The molecule has 6 nitrogen and oxygen atoms in total. The van der Waals surface area contributed by atoms with Crippen molar-refractivity contribution >= 4 is 0 Å². The van der Waals surface area contributed by atoms with Crippen LogP contribution < -0.4 is 19.5 Å². The van der Waals surface area contributed by atoms with Gasteiger partial charge in [0.15, 0.2) is 11.5 Å². The molecule has 1 aromatic carbocycles. The highest BCUT2D eigenvalue weighted by Crippen LogP contribution is 2.39. The van der Waals surface area contributed by atoms with Crippen LogP contribution in [0, 0.1) is 6.92 Å². The van der Waals surface area contributed by atoms with E-state index in [0.717, 1.165) is 43.0 Å². The third-order valence-corrected chi connectivity index (χ3v) is 5.95. The highest BCUT2D eigenvalue weighted by molar-refractivity contribution is 5.53. The second kappa shape index (κ2) is 9.13. The molecule has 0 spiro atoms. The normalized spacial score (nSPS) is 18.2. The van der Waals surface area contributed by atoms with Gasteiger partial charge in [-0.25, -0.2) is 0 Å². The fourth-order valence-corrected chi connectivity index (χ4v) is 5.07. The fourth-order valence-electron chi connectivity index (χ4n) is 5.07. The number of hydrogen-bond acceptors (Lipinski definition) is 6. The molecular formula is C25H38N2O4. The van der Waals surface area contributed by atoms with E-state index in [2.05, 4.69) is 44.0 Å². The first-order valence-electron chi connectivity index (χ1n) is 10.9. The van der Waals surface area contributed by atoms with Gasteiger partial charge >= 0.3 is 0 Å². The number of hydrogen-bond donors (Lipinski definition) is 1. The molecule has 172 valence electrons. The highest BCUT2D eigenvalue weighted by atomic mass is 16.5. The van der Waals surface area contributed by atoms with Crippen LogP contribution in [0.5, 0.6) is 17.2 Å². The van der Waals surface area contributed by atoms with Crippen LogP contribution in [0.4, 0.5) is 0 Å². The molecule has 1 aliphatic heterocycles. The number of furan rings is 1. The zero-order valence-corrected chi connectivity index (χ0v) is 20.3. The second-order valence-corrected chi connectivity index (χ2v) is 9.91. The van der Waals surface area contributed by atoms with Gasteiger partial charge in [0.25, 0.3) is 0 Å². The Hall–Kier alpha value is -2.18. The zero-order chi connectivity index (χ0) is 22.8. The molecule has 0 amide bonds. The summed E-state index contributed by atoms with van der Waals surface area (Å²) >= 11 is 0. The molecular weight excluding hydrogens is 392 g/mol. The first-order valence-corrected chi connectivity index (χ1v) is 10.9. The number of ether oxygens (including phenoxy) is 3. The van der Waals surface area contributed by atoms with E-state index >= 15 is 0 Å². The van der Waals surface area contributed by atoms with Crippen molar-refractivity contribution in [2.45, 2.75) is 77.7 Å². The van der Waals surface area contributed by atoms with Gasteiger partial charge in [0.1, 0.15) is 11.5 Å². The van der Waals surface area contributed by atoms with Crippen LogP contribution in [-0.2, 0) is 13.1 Å². The lowest BCUT2D eigenvalue weighted by molar-refractivity contribution is 0.0520. The molecule has 31 heavy (non-hydrogen) atoms. The molecule has 2 aromatic rings. The summed E-state index contributed by atoms with van der Waals surface area (Å²) in [7, 11) is 4.94. The third kappa shape index (κ3) is 5.74. The molecule has 0 aliphatic carbocycles.